The summed E-state index contributed by atoms with van der Waals surface area (Å²) in [5.41, 5.74) is 9.26. The van der Waals surface area contributed by atoms with Gasteiger partial charge in [0.05, 0.1) is 34.9 Å². The van der Waals surface area contributed by atoms with Gasteiger partial charge in [0, 0.05) is 18.0 Å². The molecule has 0 spiro atoms. The molecule has 1 aromatic carbocycles. The van der Waals surface area contributed by atoms with Crippen molar-refractivity contribution >= 4 is 28.0 Å². The lowest BCUT2D eigenvalue weighted by atomic mass is 9.65. The molecule has 12 heteroatoms. The van der Waals surface area contributed by atoms with Crippen molar-refractivity contribution < 1.29 is 14.9 Å². The predicted molar refractivity (Wildman–Crippen MR) is 160 cm³/mol. The van der Waals surface area contributed by atoms with Gasteiger partial charge in [-0.05, 0) is 82.4 Å². The molecule has 2 saturated carbocycles. The Morgan fingerprint density at radius 3 is 2.77 bits per heavy atom. The maximum absolute atomic E-state index is 10.9. The summed E-state index contributed by atoms with van der Waals surface area (Å²) in [6.07, 6.45) is 6.96. The van der Waals surface area contributed by atoms with E-state index in [1.54, 1.807) is 4.57 Å². The first kappa shape index (κ1) is 28.2. The van der Waals surface area contributed by atoms with E-state index >= 15 is 0 Å². The zero-order valence-electron chi connectivity index (χ0n) is 24.6. The predicted octanol–water partition coefficient (Wildman–Crippen LogP) is 3.02. The van der Waals surface area contributed by atoms with E-state index in [1.165, 1.54) is 12.7 Å². The molecule has 4 heterocycles. The number of aliphatic hydroxyl groups excluding tert-OH is 2. The minimum Gasteiger partial charge on any atom is -0.388 e. The molecule has 3 aromatic heterocycles. The SMILES string of the molecule is CC(C)(C[C@H]1O[C@@H](n2cnc3c(N)ncnc32)[C@H](O)[C@@H]1O)NC1CC(CCc2nc3ccc(C4(C#N)CCC4)cc3[nH]2)C1. The molecule has 43 heavy (non-hydrogen) atoms. The smallest absolute Gasteiger partial charge is 0.167 e. The van der Waals surface area contributed by atoms with Crippen molar-refractivity contribution in [2.45, 2.75) is 107 Å². The lowest BCUT2D eigenvalue weighted by Crippen LogP contribution is -2.53. The minimum atomic E-state index is -1.13. The van der Waals surface area contributed by atoms with Crippen molar-refractivity contribution in [1.82, 2.24) is 34.8 Å². The Hall–Kier alpha value is -3.63. The molecule has 12 nitrogen and oxygen atoms in total. The van der Waals surface area contributed by atoms with Gasteiger partial charge in [0.25, 0.3) is 0 Å². The molecule has 1 saturated heterocycles. The highest BCUT2D eigenvalue weighted by Gasteiger charge is 2.47. The first-order valence-corrected chi connectivity index (χ1v) is 15.3. The topological polar surface area (TPSA) is 184 Å². The van der Waals surface area contributed by atoms with Crippen LogP contribution in [0.2, 0.25) is 0 Å². The van der Waals surface area contributed by atoms with Crippen LogP contribution in [0.15, 0.2) is 30.9 Å². The quantitative estimate of drug-likeness (QED) is 0.196. The van der Waals surface area contributed by atoms with Crippen molar-refractivity contribution in [3.05, 3.63) is 42.2 Å². The van der Waals surface area contributed by atoms with Crippen LogP contribution in [0.3, 0.4) is 0 Å². The number of benzene rings is 1. The van der Waals surface area contributed by atoms with Gasteiger partial charge in [-0.2, -0.15) is 5.26 Å². The van der Waals surface area contributed by atoms with Crippen LogP contribution in [0.1, 0.15) is 76.4 Å². The fraction of sp³-hybridized carbons (Fsp3) is 0.581. The average molecular weight is 586 g/mol. The number of aromatic amines is 1. The van der Waals surface area contributed by atoms with Crippen LogP contribution in [-0.2, 0) is 16.6 Å². The molecule has 0 radical (unpaired) electrons. The molecule has 4 atom stereocenters. The second-order valence-corrected chi connectivity index (χ2v) is 13.4. The summed E-state index contributed by atoms with van der Waals surface area (Å²) in [5, 5.41) is 35.1. The van der Waals surface area contributed by atoms with E-state index in [4.69, 9.17) is 15.5 Å². The Morgan fingerprint density at radius 2 is 2.02 bits per heavy atom. The molecule has 7 rings (SSSR count). The van der Waals surface area contributed by atoms with Gasteiger partial charge >= 0.3 is 0 Å². The lowest BCUT2D eigenvalue weighted by Gasteiger charge is -2.42. The Balaban J connectivity index is 0.908. The largest absolute Gasteiger partial charge is 0.388 e. The third-order valence-electron chi connectivity index (χ3n) is 9.83. The Kier molecular flexibility index (Phi) is 6.89. The van der Waals surface area contributed by atoms with Crippen LogP contribution in [0, 0.1) is 17.2 Å². The second kappa shape index (κ2) is 10.5. The first-order chi connectivity index (χ1) is 20.6. The number of nitrogens with two attached hydrogens (primary N) is 1. The molecule has 0 unspecified atom stereocenters. The zero-order chi connectivity index (χ0) is 29.9. The molecule has 3 fully saturated rings. The highest BCUT2D eigenvalue weighted by Crippen LogP contribution is 2.44. The van der Waals surface area contributed by atoms with Crippen molar-refractivity contribution in [3.8, 4) is 6.07 Å². The molecule has 1 aliphatic heterocycles. The van der Waals surface area contributed by atoms with E-state index in [1.807, 2.05) is 6.07 Å². The van der Waals surface area contributed by atoms with E-state index in [2.05, 4.69) is 57.3 Å². The summed E-state index contributed by atoms with van der Waals surface area (Å²) < 4.78 is 7.79. The molecule has 3 aliphatic rings. The maximum atomic E-state index is 10.9. The van der Waals surface area contributed by atoms with Crippen LogP contribution in [-0.4, -0.2) is 69.6 Å². The fourth-order valence-electron chi connectivity index (χ4n) is 7.20. The number of aliphatic hydroxyl groups is 2. The molecule has 2 aliphatic carbocycles. The number of hydrogen-bond donors (Lipinski definition) is 5. The van der Waals surface area contributed by atoms with Crippen LogP contribution in [0.4, 0.5) is 5.82 Å². The van der Waals surface area contributed by atoms with Gasteiger partial charge in [-0.15, -0.1) is 0 Å². The van der Waals surface area contributed by atoms with Gasteiger partial charge in [0.1, 0.15) is 29.9 Å². The van der Waals surface area contributed by atoms with E-state index in [9.17, 15) is 15.5 Å². The average Bonchev–Trinajstić information content (AvgIpc) is 3.62. The van der Waals surface area contributed by atoms with Gasteiger partial charge in [0.15, 0.2) is 17.7 Å². The van der Waals surface area contributed by atoms with Gasteiger partial charge in [-0.3, -0.25) is 4.57 Å². The number of nitrogen functional groups attached to an aromatic ring is 1. The van der Waals surface area contributed by atoms with Crippen LogP contribution in [0.25, 0.3) is 22.2 Å². The second-order valence-electron chi connectivity index (χ2n) is 13.4. The number of rotatable bonds is 9. The minimum absolute atomic E-state index is 0.252. The van der Waals surface area contributed by atoms with E-state index in [0.717, 1.165) is 67.4 Å². The number of hydrogen-bond acceptors (Lipinski definition) is 10. The number of fused-ring (bicyclic) bond motifs is 2. The molecular weight excluding hydrogens is 546 g/mol. The van der Waals surface area contributed by atoms with E-state index in [-0.39, 0.29) is 16.8 Å². The molecule has 0 bridgehead atoms. The van der Waals surface area contributed by atoms with Crippen molar-refractivity contribution in [2.75, 3.05) is 5.73 Å². The summed E-state index contributed by atoms with van der Waals surface area (Å²) in [4.78, 5) is 20.8. The fourth-order valence-corrected chi connectivity index (χ4v) is 7.20. The van der Waals surface area contributed by atoms with Crippen LogP contribution in [0.5, 0.6) is 0 Å². The molecular formula is C31H39N9O3. The first-order valence-electron chi connectivity index (χ1n) is 15.3. The molecule has 6 N–H and O–H groups in total. The highest BCUT2D eigenvalue weighted by atomic mass is 16.6. The number of H-pyrrole nitrogens is 1. The van der Waals surface area contributed by atoms with E-state index < -0.39 is 24.5 Å². The van der Waals surface area contributed by atoms with Crippen molar-refractivity contribution in [2.24, 2.45) is 5.92 Å². The number of imidazole rings is 2. The number of nitrogens with one attached hydrogen (secondary N) is 2. The number of aromatic nitrogens is 6. The van der Waals surface area contributed by atoms with Crippen LogP contribution < -0.4 is 11.1 Å². The zero-order valence-corrected chi connectivity index (χ0v) is 24.6. The number of nitriles is 1. The Morgan fingerprint density at radius 1 is 1.21 bits per heavy atom. The van der Waals surface area contributed by atoms with Crippen molar-refractivity contribution in [1.29, 1.82) is 5.26 Å². The van der Waals surface area contributed by atoms with Gasteiger partial charge < -0.3 is 31.0 Å². The third kappa shape index (κ3) is 5.04. The third-order valence-corrected chi connectivity index (χ3v) is 9.83. The molecule has 4 aromatic rings. The number of ether oxygens (including phenoxy) is 1. The number of anilines is 1. The van der Waals surface area contributed by atoms with E-state index in [0.29, 0.717) is 29.5 Å². The normalized spacial score (nSPS) is 28.5. The summed E-state index contributed by atoms with van der Waals surface area (Å²) >= 11 is 0. The molecule has 226 valence electrons. The Bertz CT molecular complexity index is 1680. The summed E-state index contributed by atoms with van der Waals surface area (Å²) in [7, 11) is 0. The monoisotopic (exact) mass is 585 g/mol. The standard InChI is InChI=1S/C31H39N9O3/c1-30(2,13-22-25(41)26(42)29(43-22)40-16-36-24-27(33)34-15-35-28(24)40)39-19-10-17(11-19)4-7-23-37-20-6-5-18(12-21(20)38-23)31(14-32)8-3-9-31/h5-6,12,15-17,19,22,25-26,29,39,41-42H,3-4,7-11,13H2,1-2H3,(H,37,38)(H2,33,34,35)/t17?,19?,22-,25-,26-,29-/m1/s1. The number of nitrogens with zero attached hydrogens (tertiary/aromatic N) is 6. The van der Waals surface area contributed by atoms with Crippen LogP contribution >= 0.6 is 0 Å². The summed E-state index contributed by atoms with van der Waals surface area (Å²) in [6.45, 7) is 4.22. The van der Waals surface area contributed by atoms with Gasteiger partial charge in [-0.25, -0.2) is 19.9 Å². The summed E-state index contributed by atoms with van der Waals surface area (Å²) in [6, 6.07) is 9.16. The van der Waals surface area contributed by atoms with Gasteiger partial charge in [-0.1, -0.05) is 6.07 Å². The number of aryl methyl sites for hydroxylation is 1. The Labute approximate surface area is 249 Å². The maximum Gasteiger partial charge on any atom is 0.167 e. The summed E-state index contributed by atoms with van der Waals surface area (Å²) in [5.74, 6) is 1.88. The van der Waals surface area contributed by atoms with Gasteiger partial charge in [0.2, 0.25) is 0 Å². The molecule has 0 amide bonds. The van der Waals surface area contributed by atoms with Crippen molar-refractivity contribution in [3.63, 3.8) is 0 Å². The highest BCUT2D eigenvalue weighted by molar-refractivity contribution is 5.81. The lowest BCUT2D eigenvalue weighted by molar-refractivity contribution is -0.0447.